The molecule has 8 heteroatoms. The van der Waals surface area contributed by atoms with Crippen LogP contribution in [-0.2, 0) is 6.54 Å². The van der Waals surface area contributed by atoms with Gasteiger partial charge in [-0.15, -0.1) is 0 Å². The molecule has 8 nitrogen and oxygen atoms in total. The normalized spacial score (nSPS) is 11.4. The topological polar surface area (TPSA) is 121 Å². The first kappa shape index (κ1) is 15.1. The Labute approximate surface area is 126 Å². The van der Waals surface area contributed by atoms with Crippen LogP contribution in [0, 0.1) is 38.7 Å². The second-order valence-electron chi connectivity index (χ2n) is 4.62. The van der Waals surface area contributed by atoms with Crippen molar-refractivity contribution in [1.29, 1.82) is 10.5 Å². The van der Waals surface area contributed by atoms with E-state index >= 15 is 0 Å². The third kappa shape index (κ3) is 3.64. The molecule has 2 rings (SSSR count). The van der Waals surface area contributed by atoms with E-state index < -0.39 is 4.92 Å². The molecular weight excluding hydrogens is 284 g/mol. The quantitative estimate of drug-likeness (QED) is 0.595. The predicted octanol–water partition coefficient (Wildman–Crippen LogP) is 2.30. The fraction of sp³-hybridized carbons (Fsp3) is 0.286. The Balaban J connectivity index is 2.15. The Bertz CT molecular complexity index is 755. The molecule has 0 aliphatic carbocycles. The number of aromatic nitrogens is 3. The molecule has 0 spiro atoms. The highest BCUT2D eigenvalue weighted by molar-refractivity contribution is 5.58. The van der Waals surface area contributed by atoms with Crippen LogP contribution in [-0.4, -0.2) is 19.7 Å². The lowest BCUT2D eigenvalue weighted by atomic mass is 10.1. The van der Waals surface area contributed by atoms with Crippen molar-refractivity contribution in [3.05, 3.63) is 40.7 Å². The van der Waals surface area contributed by atoms with Gasteiger partial charge in [0.2, 0.25) is 0 Å². The van der Waals surface area contributed by atoms with Gasteiger partial charge in [0.1, 0.15) is 6.33 Å². The van der Waals surface area contributed by atoms with Crippen molar-refractivity contribution in [1.82, 2.24) is 14.8 Å². The standard InChI is InChI=1S/C14H12N6O2/c15-6-2-3-11(8-16)9-19-10-17-14(18-19)12-4-1-5-13(7-12)20(21)22/h1,4-5,7,10-11H,2-3,9H2/t11-/m1/s1. The van der Waals surface area contributed by atoms with E-state index in [4.69, 9.17) is 10.5 Å². The molecule has 0 aliphatic heterocycles. The van der Waals surface area contributed by atoms with E-state index in [0.29, 0.717) is 30.8 Å². The van der Waals surface area contributed by atoms with Gasteiger partial charge in [0.15, 0.2) is 5.82 Å². The lowest BCUT2D eigenvalue weighted by Crippen LogP contribution is -2.09. The van der Waals surface area contributed by atoms with E-state index in [1.165, 1.54) is 23.1 Å². The van der Waals surface area contributed by atoms with Gasteiger partial charge in [-0.1, -0.05) is 12.1 Å². The van der Waals surface area contributed by atoms with Crippen molar-refractivity contribution >= 4 is 5.69 Å². The number of nitro groups is 1. The van der Waals surface area contributed by atoms with Crippen LogP contribution in [0.1, 0.15) is 12.8 Å². The van der Waals surface area contributed by atoms with Crippen LogP contribution in [0.25, 0.3) is 11.4 Å². The summed E-state index contributed by atoms with van der Waals surface area (Å²) in [5.41, 5.74) is 0.510. The Morgan fingerprint density at radius 2 is 2.23 bits per heavy atom. The Morgan fingerprint density at radius 1 is 1.41 bits per heavy atom. The average Bonchev–Trinajstić information content (AvgIpc) is 3.00. The van der Waals surface area contributed by atoms with E-state index in [1.54, 1.807) is 12.1 Å². The zero-order valence-corrected chi connectivity index (χ0v) is 11.6. The summed E-state index contributed by atoms with van der Waals surface area (Å²) in [6.45, 7) is 0.333. The molecule has 1 heterocycles. The van der Waals surface area contributed by atoms with E-state index in [2.05, 4.69) is 16.2 Å². The highest BCUT2D eigenvalue weighted by Crippen LogP contribution is 2.20. The summed E-state index contributed by atoms with van der Waals surface area (Å²) in [6.07, 6.45) is 2.26. The second kappa shape index (κ2) is 6.95. The minimum absolute atomic E-state index is 0.0298. The van der Waals surface area contributed by atoms with Gasteiger partial charge in [-0.05, 0) is 6.42 Å². The highest BCUT2D eigenvalue weighted by atomic mass is 16.6. The minimum atomic E-state index is -0.478. The maximum absolute atomic E-state index is 10.8. The molecule has 0 N–H and O–H groups in total. The van der Waals surface area contributed by atoms with Crippen LogP contribution in [0.5, 0.6) is 0 Å². The third-order valence-corrected chi connectivity index (χ3v) is 3.05. The van der Waals surface area contributed by atoms with Crippen molar-refractivity contribution in [2.45, 2.75) is 19.4 Å². The van der Waals surface area contributed by atoms with Crippen LogP contribution < -0.4 is 0 Å². The average molecular weight is 296 g/mol. The van der Waals surface area contributed by atoms with Crippen molar-refractivity contribution in [2.75, 3.05) is 0 Å². The predicted molar refractivity (Wildman–Crippen MR) is 76.1 cm³/mol. The first-order chi connectivity index (χ1) is 10.6. The smallest absolute Gasteiger partial charge is 0.258 e. The number of benzene rings is 1. The summed E-state index contributed by atoms with van der Waals surface area (Å²) in [6, 6.07) is 10.2. The number of nitro benzene ring substituents is 1. The van der Waals surface area contributed by atoms with Crippen molar-refractivity contribution < 1.29 is 4.92 Å². The number of hydrogen-bond donors (Lipinski definition) is 0. The summed E-state index contributed by atoms with van der Waals surface area (Å²) in [4.78, 5) is 14.4. The van der Waals surface area contributed by atoms with E-state index in [1.807, 2.05) is 6.07 Å². The first-order valence-electron chi connectivity index (χ1n) is 6.55. The van der Waals surface area contributed by atoms with Crippen LogP contribution in [0.4, 0.5) is 5.69 Å². The summed E-state index contributed by atoms with van der Waals surface area (Å²) >= 11 is 0. The fourth-order valence-corrected chi connectivity index (χ4v) is 1.93. The lowest BCUT2D eigenvalue weighted by Gasteiger charge is -2.05. The maximum Gasteiger partial charge on any atom is 0.270 e. The van der Waals surface area contributed by atoms with Gasteiger partial charge in [0, 0.05) is 24.1 Å². The summed E-state index contributed by atoms with van der Waals surface area (Å²) < 4.78 is 1.51. The summed E-state index contributed by atoms with van der Waals surface area (Å²) in [7, 11) is 0. The SMILES string of the molecule is N#CCC[C@H](C#N)Cn1cnc(-c2cccc([N+](=O)[O-])c2)n1. The molecule has 1 aromatic carbocycles. The Morgan fingerprint density at radius 3 is 2.91 bits per heavy atom. The number of non-ortho nitro benzene ring substituents is 1. The zero-order valence-electron chi connectivity index (χ0n) is 11.6. The van der Waals surface area contributed by atoms with Gasteiger partial charge in [-0.3, -0.25) is 14.8 Å². The van der Waals surface area contributed by atoms with Crippen molar-refractivity contribution in [3.63, 3.8) is 0 Å². The van der Waals surface area contributed by atoms with E-state index in [9.17, 15) is 10.1 Å². The number of nitriles is 2. The van der Waals surface area contributed by atoms with Gasteiger partial charge >= 0.3 is 0 Å². The molecule has 1 aromatic heterocycles. The number of hydrogen-bond acceptors (Lipinski definition) is 6. The number of rotatable bonds is 6. The molecule has 0 fully saturated rings. The Kier molecular flexibility index (Phi) is 4.78. The molecule has 22 heavy (non-hydrogen) atoms. The largest absolute Gasteiger partial charge is 0.270 e. The van der Waals surface area contributed by atoms with Crippen LogP contribution >= 0.6 is 0 Å². The van der Waals surface area contributed by atoms with E-state index in [0.717, 1.165) is 0 Å². The maximum atomic E-state index is 10.8. The minimum Gasteiger partial charge on any atom is -0.258 e. The molecule has 110 valence electrons. The fourth-order valence-electron chi connectivity index (χ4n) is 1.93. The summed E-state index contributed by atoms with van der Waals surface area (Å²) in [5, 5.41) is 32.6. The van der Waals surface area contributed by atoms with Gasteiger partial charge in [0.25, 0.3) is 5.69 Å². The van der Waals surface area contributed by atoms with Gasteiger partial charge < -0.3 is 0 Å². The van der Waals surface area contributed by atoms with Crippen molar-refractivity contribution in [2.24, 2.45) is 5.92 Å². The zero-order chi connectivity index (χ0) is 15.9. The molecule has 0 aliphatic rings. The van der Waals surface area contributed by atoms with E-state index in [-0.39, 0.29) is 11.6 Å². The molecule has 0 unspecified atom stereocenters. The van der Waals surface area contributed by atoms with Crippen LogP contribution in [0.2, 0.25) is 0 Å². The van der Waals surface area contributed by atoms with Gasteiger partial charge in [-0.25, -0.2) is 4.98 Å². The molecule has 0 bridgehead atoms. The second-order valence-corrected chi connectivity index (χ2v) is 4.62. The van der Waals surface area contributed by atoms with Gasteiger partial charge in [-0.2, -0.15) is 15.6 Å². The Hall–Kier alpha value is -3.26. The molecule has 1 atom stereocenters. The third-order valence-electron chi connectivity index (χ3n) is 3.05. The lowest BCUT2D eigenvalue weighted by molar-refractivity contribution is -0.384. The first-order valence-corrected chi connectivity index (χ1v) is 6.55. The molecule has 0 saturated carbocycles. The molecule has 2 aromatic rings. The molecule has 0 amide bonds. The van der Waals surface area contributed by atoms with Crippen LogP contribution in [0.15, 0.2) is 30.6 Å². The molecule has 0 radical (unpaired) electrons. The molecule has 0 saturated heterocycles. The van der Waals surface area contributed by atoms with Crippen molar-refractivity contribution in [3.8, 4) is 23.5 Å². The highest BCUT2D eigenvalue weighted by Gasteiger charge is 2.13. The summed E-state index contributed by atoms with van der Waals surface area (Å²) in [5.74, 6) is 0.0417. The number of nitrogens with zero attached hydrogens (tertiary/aromatic N) is 6. The monoisotopic (exact) mass is 296 g/mol. The molecular formula is C14H12N6O2. The van der Waals surface area contributed by atoms with Crippen LogP contribution in [0.3, 0.4) is 0 Å². The van der Waals surface area contributed by atoms with Gasteiger partial charge in [0.05, 0.1) is 29.5 Å².